The summed E-state index contributed by atoms with van der Waals surface area (Å²) in [6, 6.07) is 15.0. The number of hydrogen-bond acceptors (Lipinski definition) is 3. The van der Waals surface area contributed by atoms with Crippen LogP contribution in [0, 0.1) is 0 Å². The highest BCUT2D eigenvalue weighted by Gasteiger charge is 2.27. The molecule has 0 atom stereocenters. The number of rotatable bonds is 6. The lowest BCUT2D eigenvalue weighted by Crippen LogP contribution is -2.33. The summed E-state index contributed by atoms with van der Waals surface area (Å²) in [6.45, 7) is -1.41. The van der Waals surface area contributed by atoms with Gasteiger partial charge in [0.2, 0.25) is 5.91 Å². The Morgan fingerprint density at radius 3 is 2.40 bits per heavy atom. The van der Waals surface area contributed by atoms with E-state index in [9.17, 15) is 22.8 Å². The Hall–Kier alpha value is -3.88. The van der Waals surface area contributed by atoms with Crippen LogP contribution < -0.4 is 10.6 Å². The molecule has 30 heavy (non-hydrogen) atoms. The van der Waals surface area contributed by atoms with E-state index in [1.54, 1.807) is 28.5 Å². The molecule has 0 spiro atoms. The van der Waals surface area contributed by atoms with Crippen LogP contribution in [0.2, 0.25) is 0 Å². The summed E-state index contributed by atoms with van der Waals surface area (Å²) in [5, 5.41) is 8.62. The molecule has 0 aliphatic rings. The van der Waals surface area contributed by atoms with Gasteiger partial charge in [-0.05, 0) is 42.5 Å². The molecule has 6 nitrogen and oxygen atoms in total. The zero-order chi connectivity index (χ0) is 21.6. The van der Waals surface area contributed by atoms with Gasteiger partial charge >= 0.3 is 6.18 Å². The van der Waals surface area contributed by atoms with Crippen molar-refractivity contribution < 1.29 is 22.8 Å². The number of aromatic nitrogens is 2. The number of nitrogens with one attached hydrogen (secondary N) is 2. The molecular weight excluding hydrogens is 397 g/mol. The van der Waals surface area contributed by atoms with Gasteiger partial charge in [-0.3, -0.25) is 9.59 Å². The molecule has 9 heteroatoms. The molecule has 0 saturated heterocycles. The van der Waals surface area contributed by atoms with Gasteiger partial charge in [-0.1, -0.05) is 18.2 Å². The Morgan fingerprint density at radius 2 is 1.73 bits per heavy atom. The zero-order valence-electron chi connectivity index (χ0n) is 15.6. The zero-order valence-corrected chi connectivity index (χ0v) is 15.6. The van der Waals surface area contributed by atoms with Crippen LogP contribution in [0.25, 0.3) is 11.8 Å². The average Bonchev–Trinajstić information content (AvgIpc) is 3.20. The molecule has 1 aromatic heterocycles. The fraction of sp³-hybridized carbons (Fsp3) is 0.0952. The minimum absolute atomic E-state index is 0.0566. The summed E-state index contributed by atoms with van der Waals surface area (Å²) in [6.07, 6.45) is 1.84. The molecule has 0 aliphatic heterocycles. The van der Waals surface area contributed by atoms with E-state index in [1.807, 2.05) is 30.3 Å². The van der Waals surface area contributed by atoms with E-state index in [4.69, 9.17) is 0 Å². The van der Waals surface area contributed by atoms with Gasteiger partial charge in [0.25, 0.3) is 5.91 Å². The molecule has 2 aromatic carbocycles. The van der Waals surface area contributed by atoms with Gasteiger partial charge in [0.05, 0.1) is 11.9 Å². The monoisotopic (exact) mass is 414 g/mol. The van der Waals surface area contributed by atoms with Crippen LogP contribution >= 0.6 is 0 Å². The van der Waals surface area contributed by atoms with Crippen molar-refractivity contribution in [3.8, 4) is 5.69 Å². The first-order chi connectivity index (χ1) is 14.3. The van der Waals surface area contributed by atoms with E-state index in [0.29, 0.717) is 5.69 Å². The van der Waals surface area contributed by atoms with Crippen LogP contribution in [0.3, 0.4) is 0 Å². The van der Waals surface area contributed by atoms with Crippen LogP contribution in [0.5, 0.6) is 0 Å². The van der Waals surface area contributed by atoms with E-state index in [2.05, 4.69) is 10.4 Å². The maximum Gasteiger partial charge on any atom is 0.405 e. The first-order valence-electron chi connectivity index (χ1n) is 8.84. The van der Waals surface area contributed by atoms with Crippen LogP contribution in [-0.2, 0) is 4.79 Å². The lowest BCUT2D eigenvalue weighted by Gasteiger charge is -2.09. The molecule has 0 fully saturated rings. The fourth-order valence-corrected chi connectivity index (χ4v) is 2.49. The third-order valence-corrected chi connectivity index (χ3v) is 3.91. The number of carbonyl (C=O) groups excluding carboxylic acids is 2. The van der Waals surface area contributed by atoms with Gasteiger partial charge in [-0.25, -0.2) is 4.68 Å². The molecule has 0 unspecified atom stereocenters. The maximum atomic E-state index is 12.1. The number of carbonyl (C=O) groups is 2. The van der Waals surface area contributed by atoms with Crippen molar-refractivity contribution >= 4 is 23.6 Å². The summed E-state index contributed by atoms with van der Waals surface area (Å²) in [5.74, 6) is -1.25. The van der Waals surface area contributed by atoms with Crippen molar-refractivity contribution in [1.29, 1.82) is 0 Å². The summed E-state index contributed by atoms with van der Waals surface area (Å²) < 4.78 is 38.1. The Morgan fingerprint density at radius 1 is 1.03 bits per heavy atom. The summed E-state index contributed by atoms with van der Waals surface area (Å²) in [5.41, 5.74) is 2.07. The van der Waals surface area contributed by atoms with Gasteiger partial charge in [-0.2, -0.15) is 18.3 Å². The molecule has 2 N–H and O–H groups in total. The lowest BCUT2D eigenvalue weighted by molar-refractivity contribution is -0.123. The Kier molecular flexibility index (Phi) is 6.31. The Balaban J connectivity index is 1.55. The van der Waals surface area contributed by atoms with Gasteiger partial charge in [0, 0.05) is 29.1 Å². The predicted molar refractivity (Wildman–Crippen MR) is 106 cm³/mol. The Bertz CT molecular complexity index is 1040. The number of anilines is 1. The molecule has 0 saturated carbocycles. The van der Waals surface area contributed by atoms with Crippen molar-refractivity contribution in [2.45, 2.75) is 6.18 Å². The molecular formula is C21H17F3N4O2. The summed E-state index contributed by atoms with van der Waals surface area (Å²) in [4.78, 5) is 23.7. The molecule has 2 amide bonds. The fourth-order valence-electron chi connectivity index (χ4n) is 2.49. The minimum Gasteiger partial charge on any atom is -0.343 e. The molecule has 1 heterocycles. The molecule has 154 valence electrons. The number of halogens is 3. The molecule has 3 aromatic rings. The highest BCUT2D eigenvalue weighted by molar-refractivity contribution is 6.02. The van der Waals surface area contributed by atoms with Gasteiger partial charge in [0.15, 0.2) is 0 Å². The second-order valence-electron chi connectivity index (χ2n) is 6.25. The van der Waals surface area contributed by atoms with Crippen molar-refractivity contribution in [2.75, 3.05) is 11.9 Å². The second kappa shape index (κ2) is 9.08. The molecule has 0 aliphatic carbocycles. The second-order valence-corrected chi connectivity index (χ2v) is 6.25. The van der Waals surface area contributed by atoms with E-state index >= 15 is 0 Å². The highest BCUT2D eigenvalue weighted by atomic mass is 19.4. The van der Waals surface area contributed by atoms with Gasteiger partial charge < -0.3 is 10.6 Å². The standard InChI is InChI=1S/C21H17F3N4O2/c22-21(23,24)14-25-20(30)16-7-9-17(10-8-16)27-19(29)11-6-15-12-26-28(13-15)18-4-2-1-3-5-18/h1-13H,14H2,(H,25,30)(H,27,29). The number of nitrogens with zero attached hydrogens (tertiary/aromatic N) is 2. The third kappa shape index (κ3) is 6.06. The van der Waals surface area contributed by atoms with E-state index in [1.165, 1.54) is 30.3 Å². The normalized spacial score (nSPS) is 11.4. The number of alkyl halides is 3. The third-order valence-electron chi connectivity index (χ3n) is 3.91. The van der Waals surface area contributed by atoms with Gasteiger partial charge in [0.1, 0.15) is 6.54 Å². The topological polar surface area (TPSA) is 76.0 Å². The number of hydrogen-bond donors (Lipinski definition) is 2. The molecule has 3 rings (SSSR count). The van der Waals surface area contributed by atoms with Gasteiger partial charge in [-0.15, -0.1) is 0 Å². The van der Waals surface area contributed by atoms with Crippen LogP contribution in [0.4, 0.5) is 18.9 Å². The van der Waals surface area contributed by atoms with Crippen molar-refractivity contribution in [3.63, 3.8) is 0 Å². The molecule has 0 bridgehead atoms. The number of amides is 2. The van der Waals surface area contributed by atoms with E-state index in [0.717, 1.165) is 11.3 Å². The van der Waals surface area contributed by atoms with Crippen molar-refractivity contribution in [3.05, 3.63) is 84.2 Å². The quantitative estimate of drug-likeness (QED) is 0.602. The Labute approximate surface area is 170 Å². The summed E-state index contributed by atoms with van der Waals surface area (Å²) in [7, 11) is 0. The van der Waals surface area contributed by atoms with Crippen molar-refractivity contribution in [1.82, 2.24) is 15.1 Å². The van der Waals surface area contributed by atoms with Crippen LogP contribution in [-0.4, -0.2) is 34.3 Å². The first-order valence-corrected chi connectivity index (χ1v) is 8.84. The smallest absolute Gasteiger partial charge is 0.343 e. The average molecular weight is 414 g/mol. The van der Waals surface area contributed by atoms with E-state index < -0.39 is 24.5 Å². The maximum absolute atomic E-state index is 12.1. The SMILES string of the molecule is O=C(C=Cc1cnn(-c2ccccc2)c1)Nc1ccc(C(=O)NCC(F)(F)F)cc1. The van der Waals surface area contributed by atoms with Crippen LogP contribution in [0.15, 0.2) is 73.1 Å². The molecule has 0 radical (unpaired) electrons. The van der Waals surface area contributed by atoms with E-state index in [-0.39, 0.29) is 5.56 Å². The number of para-hydroxylation sites is 1. The van der Waals surface area contributed by atoms with Crippen LogP contribution in [0.1, 0.15) is 15.9 Å². The minimum atomic E-state index is -4.48. The van der Waals surface area contributed by atoms with Crippen molar-refractivity contribution in [2.24, 2.45) is 0 Å². The number of benzene rings is 2. The lowest BCUT2D eigenvalue weighted by atomic mass is 10.2. The largest absolute Gasteiger partial charge is 0.405 e. The predicted octanol–water partition coefficient (Wildman–Crippen LogP) is 3.82. The highest BCUT2D eigenvalue weighted by Crippen LogP contribution is 2.14. The first kappa shape index (κ1) is 20.8. The summed E-state index contributed by atoms with van der Waals surface area (Å²) >= 11 is 0.